The number of tetrazole rings is 1. The molecule has 1 atom stereocenters. The number of piperidine rings is 1. The number of sulfonamides is 1. The predicted octanol–water partition coefficient (Wildman–Crippen LogP) is 3.35. The Labute approximate surface area is 193 Å². The van der Waals surface area contributed by atoms with Gasteiger partial charge in [-0.3, -0.25) is 4.79 Å². The molecule has 0 aliphatic carbocycles. The number of nitrogens with one attached hydrogen (secondary N) is 1. The van der Waals surface area contributed by atoms with Crippen LogP contribution in [0.25, 0.3) is 11.4 Å². The van der Waals surface area contributed by atoms with Crippen molar-refractivity contribution in [3.8, 4) is 11.4 Å². The zero-order valence-corrected chi connectivity index (χ0v) is 19.6. The van der Waals surface area contributed by atoms with E-state index in [1.807, 2.05) is 44.2 Å². The number of carbonyl (C=O) groups is 1. The first-order valence-electron chi connectivity index (χ1n) is 11.1. The van der Waals surface area contributed by atoms with Gasteiger partial charge in [0.1, 0.15) is 0 Å². The molecule has 0 radical (unpaired) electrons. The maximum Gasteiger partial charge on any atom is 0.251 e. The lowest BCUT2D eigenvalue weighted by Crippen LogP contribution is -2.35. The Kier molecular flexibility index (Phi) is 6.85. The summed E-state index contributed by atoms with van der Waals surface area (Å²) in [6.07, 6.45) is 2.82. The molecule has 1 aliphatic rings. The Balaban J connectivity index is 1.48. The van der Waals surface area contributed by atoms with Crippen molar-refractivity contribution in [2.75, 3.05) is 18.4 Å². The summed E-state index contributed by atoms with van der Waals surface area (Å²) in [6.45, 7) is 4.91. The molecular weight excluding hydrogens is 440 g/mol. The average molecular weight is 469 g/mol. The molecule has 174 valence electrons. The van der Waals surface area contributed by atoms with Gasteiger partial charge in [0.15, 0.2) is 6.04 Å². The summed E-state index contributed by atoms with van der Waals surface area (Å²) in [5.41, 5.74) is 1.32. The molecule has 0 spiro atoms. The van der Waals surface area contributed by atoms with Crippen molar-refractivity contribution in [3.05, 3.63) is 54.6 Å². The fourth-order valence-corrected chi connectivity index (χ4v) is 5.42. The summed E-state index contributed by atoms with van der Waals surface area (Å²) in [7, 11) is -3.52. The molecule has 3 aromatic rings. The second-order valence-corrected chi connectivity index (χ2v) is 10.4. The van der Waals surface area contributed by atoms with Gasteiger partial charge in [0.05, 0.1) is 4.90 Å². The van der Waals surface area contributed by atoms with E-state index in [4.69, 9.17) is 0 Å². The molecule has 2 heterocycles. The van der Waals surface area contributed by atoms with Crippen molar-refractivity contribution >= 4 is 21.6 Å². The zero-order valence-electron chi connectivity index (χ0n) is 18.8. The number of hydrogen-bond donors (Lipinski definition) is 1. The van der Waals surface area contributed by atoms with Gasteiger partial charge in [0.25, 0.3) is 5.91 Å². The highest BCUT2D eigenvalue weighted by Crippen LogP contribution is 2.24. The fraction of sp³-hybridized carbons (Fsp3) is 0.391. The molecule has 1 saturated heterocycles. The maximum atomic E-state index is 13.1. The van der Waals surface area contributed by atoms with Crippen LogP contribution >= 0.6 is 0 Å². The fourth-order valence-electron chi connectivity index (χ4n) is 3.90. The van der Waals surface area contributed by atoms with E-state index in [0.717, 1.165) is 24.8 Å². The number of carbonyl (C=O) groups excluding carboxylic acids is 1. The normalized spacial score (nSPS) is 16.0. The minimum absolute atomic E-state index is 0.0958. The second kappa shape index (κ2) is 9.80. The van der Waals surface area contributed by atoms with E-state index in [0.29, 0.717) is 24.6 Å². The van der Waals surface area contributed by atoms with Crippen molar-refractivity contribution in [2.45, 2.75) is 44.0 Å². The van der Waals surface area contributed by atoms with Crippen LogP contribution in [-0.2, 0) is 14.8 Å². The molecular formula is C23H28N6O3S. The third kappa shape index (κ3) is 5.12. The number of benzene rings is 2. The van der Waals surface area contributed by atoms with Gasteiger partial charge in [-0.05, 0) is 48.2 Å². The molecule has 1 N–H and O–H groups in total. The minimum Gasteiger partial charge on any atom is -0.324 e. The van der Waals surface area contributed by atoms with Gasteiger partial charge in [-0.25, -0.2) is 8.42 Å². The third-order valence-corrected chi connectivity index (χ3v) is 7.60. The van der Waals surface area contributed by atoms with Crippen LogP contribution in [0, 0.1) is 5.92 Å². The quantitative estimate of drug-likeness (QED) is 0.569. The van der Waals surface area contributed by atoms with Crippen molar-refractivity contribution in [3.63, 3.8) is 0 Å². The van der Waals surface area contributed by atoms with E-state index in [1.54, 1.807) is 12.1 Å². The molecule has 10 heteroatoms. The van der Waals surface area contributed by atoms with Crippen LogP contribution in [0.5, 0.6) is 0 Å². The highest BCUT2D eigenvalue weighted by Gasteiger charge is 2.28. The molecule has 0 saturated carbocycles. The van der Waals surface area contributed by atoms with Crippen LogP contribution in [0.15, 0.2) is 59.5 Å². The standard InChI is InChI=1S/C23H28N6O3S/c1-17(2)21(29-26-22(25-27-29)18-9-5-3-6-10-18)23(30)24-19-11-13-20(14-12-19)33(31,32)28-15-7-4-8-16-28/h3,5-6,9-14,17,21H,4,7-8,15-16H2,1-2H3,(H,24,30). The molecule has 1 unspecified atom stereocenters. The topological polar surface area (TPSA) is 110 Å². The summed E-state index contributed by atoms with van der Waals surface area (Å²) in [4.78, 5) is 14.6. The number of rotatable bonds is 7. The number of nitrogens with zero attached hydrogens (tertiary/aromatic N) is 5. The van der Waals surface area contributed by atoms with E-state index in [9.17, 15) is 13.2 Å². The van der Waals surface area contributed by atoms with Crippen LogP contribution in [0.2, 0.25) is 0 Å². The van der Waals surface area contributed by atoms with Crippen molar-refractivity contribution in [1.82, 2.24) is 24.5 Å². The van der Waals surface area contributed by atoms with Gasteiger partial charge in [-0.1, -0.05) is 50.6 Å². The molecule has 1 amide bonds. The lowest BCUT2D eigenvalue weighted by atomic mass is 10.0. The Morgan fingerprint density at radius 3 is 2.27 bits per heavy atom. The molecule has 4 rings (SSSR count). The summed E-state index contributed by atoms with van der Waals surface area (Å²) < 4.78 is 27.2. The second-order valence-electron chi connectivity index (χ2n) is 8.47. The minimum atomic E-state index is -3.52. The highest BCUT2D eigenvalue weighted by atomic mass is 32.2. The molecule has 9 nitrogen and oxygen atoms in total. The largest absolute Gasteiger partial charge is 0.324 e. The van der Waals surface area contributed by atoms with Crippen molar-refractivity contribution < 1.29 is 13.2 Å². The van der Waals surface area contributed by atoms with E-state index in [2.05, 4.69) is 20.7 Å². The third-order valence-electron chi connectivity index (χ3n) is 5.68. The van der Waals surface area contributed by atoms with Gasteiger partial charge in [0.2, 0.25) is 15.8 Å². The first-order valence-corrected chi connectivity index (χ1v) is 12.6. The Morgan fingerprint density at radius 2 is 1.64 bits per heavy atom. The van der Waals surface area contributed by atoms with Gasteiger partial charge >= 0.3 is 0 Å². The lowest BCUT2D eigenvalue weighted by molar-refractivity contribution is -0.121. The highest BCUT2D eigenvalue weighted by molar-refractivity contribution is 7.89. The monoisotopic (exact) mass is 468 g/mol. The SMILES string of the molecule is CC(C)C(C(=O)Nc1ccc(S(=O)(=O)N2CCCCC2)cc1)n1nnc(-c2ccccc2)n1. The molecule has 1 fully saturated rings. The van der Waals surface area contributed by atoms with Crippen LogP contribution in [0.3, 0.4) is 0 Å². The van der Waals surface area contributed by atoms with Crippen LogP contribution in [0.1, 0.15) is 39.2 Å². The summed E-state index contributed by atoms with van der Waals surface area (Å²) in [6, 6.07) is 15.0. The Morgan fingerprint density at radius 1 is 0.970 bits per heavy atom. The van der Waals surface area contributed by atoms with Crippen molar-refractivity contribution in [2.24, 2.45) is 5.92 Å². The van der Waals surface area contributed by atoms with E-state index < -0.39 is 16.1 Å². The number of anilines is 1. The molecule has 2 aromatic carbocycles. The Bertz CT molecular complexity index is 1190. The Hall–Kier alpha value is -3.11. The average Bonchev–Trinajstić information content (AvgIpc) is 3.30. The zero-order chi connectivity index (χ0) is 23.4. The van der Waals surface area contributed by atoms with Gasteiger partial charge in [0, 0.05) is 24.3 Å². The maximum absolute atomic E-state index is 13.1. The van der Waals surface area contributed by atoms with E-state index >= 15 is 0 Å². The molecule has 33 heavy (non-hydrogen) atoms. The van der Waals surface area contributed by atoms with Gasteiger partial charge < -0.3 is 5.32 Å². The molecule has 1 aromatic heterocycles. The van der Waals surface area contributed by atoms with Crippen molar-refractivity contribution in [1.29, 1.82) is 0 Å². The first kappa shape index (κ1) is 23.1. The van der Waals surface area contributed by atoms with E-state index in [1.165, 1.54) is 21.2 Å². The summed E-state index contributed by atoms with van der Waals surface area (Å²) in [5.74, 6) is 0.0524. The first-order chi connectivity index (χ1) is 15.9. The summed E-state index contributed by atoms with van der Waals surface area (Å²) >= 11 is 0. The lowest BCUT2D eigenvalue weighted by Gasteiger charge is -2.26. The van der Waals surface area contributed by atoms with Gasteiger partial charge in [-0.2, -0.15) is 9.10 Å². The molecule has 0 bridgehead atoms. The number of amides is 1. The van der Waals surface area contributed by atoms with Crippen LogP contribution in [-0.4, -0.2) is 51.9 Å². The van der Waals surface area contributed by atoms with Crippen LogP contribution in [0.4, 0.5) is 5.69 Å². The predicted molar refractivity (Wildman–Crippen MR) is 125 cm³/mol. The summed E-state index contributed by atoms with van der Waals surface area (Å²) in [5, 5.41) is 15.5. The number of hydrogen-bond acceptors (Lipinski definition) is 6. The molecule has 1 aliphatic heterocycles. The van der Waals surface area contributed by atoms with Crippen LogP contribution < -0.4 is 5.32 Å². The smallest absolute Gasteiger partial charge is 0.251 e. The van der Waals surface area contributed by atoms with E-state index in [-0.39, 0.29) is 16.7 Å². The number of aromatic nitrogens is 4. The van der Waals surface area contributed by atoms with Gasteiger partial charge in [-0.15, -0.1) is 10.2 Å².